The summed E-state index contributed by atoms with van der Waals surface area (Å²) in [5.74, 6) is -1.33. The molecule has 0 saturated heterocycles. The van der Waals surface area contributed by atoms with Crippen LogP contribution < -0.4 is 5.32 Å². The molecule has 0 aliphatic carbocycles. The average Bonchev–Trinajstić information content (AvgIpc) is 2.35. The van der Waals surface area contributed by atoms with Gasteiger partial charge in [0.25, 0.3) is 0 Å². The zero-order chi connectivity index (χ0) is 12.8. The maximum absolute atomic E-state index is 11.7. The van der Waals surface area contributed by atoms with Crippen LogP contribution >= 0.6 is 11.8 Å². The van der Waals surface area contributed by atoms with E-state index in [9.17, 15) is 9.59 Å². The second-order valence-electron chi connectivity index (χ2n) is 3.57. The Kier molecular flexibility index (Phi) is 5.03. The smallest absolute Gasteiger partial charge is 0.330 e. The Labute approximate surface area is 104 Å². The van der Waals surface area contributed by atoms with Crippen LogP contribution in [0.5, 0.6) is 0 Å². The van der Waals surface area contributed by atoms with Gasteiger partial charge >= 0.3 is 5.97 Å². The standard InChI is InChI=1S/C12H15NO3S/c1-8(17-2)11(14)13-10(12(15)16)9-6-4-3-5-7-9/h3-8,10H,1-2H3,(H,13,14)(H,15,16)/t8?,10-/m1/s1. The van der Waals surface area contributed by atoms with E-state index in [1.54, 1.807) is 37.3 Å². The van der Waals surface area contributed by atoms with Crippen LogP contribution in [-0.2, 0) is 9.59 Å². The predicted molar refractivity (Wildman–Crippen MR) is 67.9 cm³/mol. The van der Waals surface area contributed by atoms with Gasteiger partial charge in [-0.15, -0.1) is 0 Å². The molecular formula is C12H15NO3S. The highest BCUT2D eigenvalue weighted by Gasteiger charge is 2.23. The number of amides is 1. The number of thioether (sulfide) groups is 1. The van der Waals surface area contributed by atoms with Gasteiger partial charge in [0.05, 0.1) is 5.25 Å². The Morgan fingerprint density at radius 3 is 2.35 bits per heavy atom. The third-order valence-corrected chi connectivity index (χ3v) is 3.31. The number of aliphatic carboxylic acids is 1. The molecule has 0 saturated carbocycles. The Hall–Kier alpha value is -1.49. The number of carbonyl (C=O) groups excluding carboxylic acids is 1. The van der Waals surface area contributed by atoms with Crippen LogP contribution in [0.4, 0.5) is 0 Å². The van der Waals surface area contributed by atoms with E-state index in [0.717, 1.165) is 0 Å². The fourth-order valence-electron chi connectivity index (χ4n) is 1.30. The summed E-state index contributed by atoms with van der Waals surface area (Å²) in [6.45, 7) is 1.74. The largest absolute Gasteiger partial charge is 0.479 e. The van der Waals surface area contributed by atoms with Crippen molar-refractivity contribution in [2.75, 3.05) is 6.26 Å². The minimum atomic E-state index is -1.06. The van der Waals surface area contributed by atoms with E-state index in [1.165, 1.54) is 11.8 Å². The molecule has 1 amide bonds. The van der Waals surface area contributed by atoms with Crippen molar-refractivity contribution in [1.29, 1.82) is 0 Å². The normalized spacial score (nSPS) is 13.8. The second-order valence-corrected chi connectivity index (χ2v) is 4.75. The van der Waals surface area contributed by atoms with E-state index >= 15 is 0 Å². The molecule has 0 aliphatic rings. The molecule has 92 valence electrons. The van der Waals surface area contributed by atoms with Crippen LogP contribution in [0.25, 0.3) is 0 Å². The summed E-state index contributed by atoms with van der Waals surface area (Å²) in [6, 6.07) is 7.67. The van der Waals surface area contributed by atoms with E-state index < -0.39 is 12.0 Å². The van der Waals surface area contributed by atoms with Crippen molar-refractivity contribution in [3.63, 3.8) is 0 Å². The highest BCUT2D eigenvalue weighted by molar-refractivity contribution is 7.99. The molecule has 1 rings (SSSR count). The first-order chi connectivity index (χ1) is 8.06. The molecule has 2 atom stereocenters. The summed E-state index contributed by atoms with van der Waals surface area (Å²) in [7, 11) is 0. The van der Waals surface area contributed by atoms with Gasteiger partial charge in [0, 0.05) is 0 Å². The maximum atomic E-state index is 11.7. The molecule has 17 heavy (non-hydrogen) atoms. The van der Waals surface area contributed by atoms with E-state index in [-0.39, 0.29) is 11.2 Å². The van der Waals surface area contributed by atoms with Gasteiger partial charge in [-0.1, -0.05) is 30.3 Å². The molecule has 0 aromatic heterocycles. The Morgan fingerprint density at radius 2 is 1.88 bits per heavy atom. The quantitative estimate of drug-likeness (QED) is 0.838. The zero-order valence-electron chi connectivity index (χ0n) is 9.71. The number of rotatable bonds is 5. The summed E-state index contributed by atoms with van der Waals surface area (Å²) in [4.78, 5) is 22.8. The van der Waals surface area contributed by atoms with E-state index in [0.29, 0.717) is 5.56 Å². The lowest BCUT2D eigenvalue weighted by molar-refractivity contribution is -0.141. The number of carboxylic acids is 1. The van der Waals surface area contributed by atoms with Gasteiger partial charge in [-0.3, -0.25) is 4.79 Å². The number of nitrogens with one attached hydrogen (secondary N) is 1. The number of benzene rings is 1. The van der Waals surface area contributed by atoms with Crippen molar-refractivity contribution in [2.45, 2.75) is 18.2 Å². The molecule has 0 heterocycles. The lowest BCUT2D eigenvalue weighted by Crippen LogP contribution is -2.38. The third-order valence-electron chi connectivity index (χ3n) is 2.39. The molecule has 0 spiro atoms. The molecule has 0 radical (unpaired) electrons. The van der Waals surface area contributed by atoms with Gasteiger partial charge in [-0.2, -0.15) is 11.8 Å². The molecule has 4 nitrogen and oxygen atoms in total. The minimum absolute atomic E-state index is 0.263. The molecule has 0 fully saturated rings. The number of carbonyl (C=O) groups is 2. The zero-order valence-corrected chi connectivity index (χ0v) is 10.5. The highest BCUT2D eigenvalue weighted by atomic mass is 32.2. The Balaban J connectivity index is 2.82. The van der Waals surface area contributed by atoms with Crippen LogP contribution in [0.1, 0.15) is 18.5 Å². The highest BCUT2D eigenvalue weighted by Crippen LogP contribution is 2.14. The Morgan fingerprint density at radius 1 is 1.29 bits per heavy atom. The summed E-state index contributed by atoms with van der Waals surface area (Å²) in [6.07, 6.45) is 1.81. The van der Waals surface area contributed by atoms with Gasteiger partial charge in [0.2, 0.25) is 5.91 Å². The van der Waals surface area contributed by atoms with Gasteiger partial charge in [-0.25, -0.2) is 4.79 Å². The molecule has 0 aliphatic heterocycles. The van der Waals surface area contributed by atoms with E-state index in [1.807, 2.05) is 6.26 Å². The topological polar surface area (TPSA) is 66.4 Å². The molecule has 1 aromatic rings. The number of carboxylic acid groups (broad SMARTS) is 1. The molecule has 2 N–H and O–H groups in total. The lowest BCUT2D eigenvalue weighted by Gasteiger charge is -2.17. The maximum Gasteiger partial charge on any atom is 0.330 e. The fraction of sp³-hybridized carbons (Fsp3) is 0.333. The minimum Gasteiger partial charge on any atom is -0.479 e. The van der Waals surface area contributed by atoms with E-state index in [2.05, 4.69) is 5.32 Å². The van der Waals surface area contributed by atoms with Crippen molar-refractivity contribution in [2.24, 2.45) is 0 Å². The fourth-order valence-corrected chi connectivity index (χ4v) is 1.58. The monoisotopic (exact) mass is 253 g/mol. The molecule has 0 bridgehead atoms. The van der Waals surface area contributed by atoms with Crippen LogP contribution in [-0.4, -0.2) is 28.5 Å². The van der Waals surface area contributed by atoms with Crippen LogP contribution in [0.15, 0.2) is 30.3 Å². The summed E-state index contributed by atoms with van der Waals surface area (Å²) in [5, 5.41) is 11.4. The molecule has 5 heteroatoms. The third kappa shape index (κ3) is 3.78. The summed E-state index contributed by atoms with van der Waals surface area (Å²) in [5.41, 5.74) is 0.571. The van der Waals surface area contributed by atoms with Crippen molar-refractivity contribution in [3.8, 4) is 0 Å². The summed E-state index contributed by atoms with van der Waals surface area (Å²) < 4.78 is 0. The van der Waals surface area contributed by atoms with Gasteiger partial charge < -0.3 is 10.4 Å². The van der Waals surface area contributed by atoms with Crippen molar-refractivity contribution in [3.05, 3.63) is 35.9 Å². The van der Waals surface area contributed by atoms with E-state index in [4.69, 9.17) is 5.11 Å². The number of hydrogen-bond donors (Lipinski definition) is 2. The van der Waals surface area contributed by atoms with Gasteiger partial charge in [0.1, 0.15) is 0 Å². The number of hydrogen-bond acceptors (Lipinski definition) is 3. The second kappa shape index (κ2) is 6.30. The van der Waals surface area contributed by atoms with Crippen molar-refractivity contribution >= 4 is 23.6 Å². The first-order valence-electron chi connectivity index (χ1n) is 5.17. The van der Waals surface area contributed by atoms with Gasteiger partial charge in [0.15, 0.2) is 6.04 Å². The first-order valence-corrected chi connectivity index (χ1v) is 6.46. The molecular weight excluding hydrogens is 238 g/mol. The Bertz CT molecular complexity index is 394. The van der Waals surface area contributed by atoms with Crippen molar-refractivity contribution < 1.29 is 14.7 Å². The lowest BCUT2D eigenvalue weighted by atomic mass is 10.1. The van der Waals surface area contributed by atoms with Gasteiger partial charge in [-0.05, 0) is 18.7 Å². The molecule has 1 unspecified atom stereocenters. The van der Waals surface area contributed by atoms with Crippen LogP contribution in [0.3, 0.4) is 0 Å². The predicted octanol–water partition coefficient (Wildman–Crippen LogP) is 1.68. The van der Waals surface area contributed by atoms with Crippen LogP contribution in [0, 0.1) is 0 Å². The molecule has 1 aromatic carbocycles. The van der Waals surface area contributed by atoms with Crippen molar-refractivity contribution in [1.82, 2.24) is 5.32 Å². The first kappa shape index (κ1) is 13.6. The average molecular weight is 253 g/mol. The summed E-state index contributed by atoms with van der Waals surface area (Å²) >= 11 is 1.38. The SMILES string of the molecule is CSC(C)C(=O)N[C@@H](C(=O)O)c1ccccc1. The van der Waals surface area contributed by atoms with Crippen LogP contribution in [0.2, 0.25) is 0 Å².